The monoisotopic (exact) mass is 224 g/mol. The Bertz CT molecular complexity index is 349. The Kier molecular flexibility index (Phi) is 4.37. The number of nitriles is 1. The fraction of sp³-hybridized carbons (Fsp3) is 0.600. The number of nitrogen functional groups attached to an aromatic ring is 1. The Balaban J connectivity index is 2.62. The lowest BCUT2D eigenvalue weighted by atomic mass is 10.0. The molecule has 5 heteroatoms. The normalized spacial score (nSPS) is 10.3. The summed E-state index contributed by atoms with van der Waals surface area (Å²) in [4.78, 5) is 0. The number of hydrogen-bond donors (Lipinski definition) is 2. The van der Waals surface area contributed by atoms with Crippen molar-refractivity contribution >= 4 is 22.4 Å². The molecule has 15 heavy (non-hydrogen) atoms. The predicted octanol–water partition coefficient (Wildman–Crippen LogP) is 2.45. The standard InChI is InChI=1S/C10H16N4S/c1-3-7(4-2)6-13-10-8(5-11)9(12)14-15-10/h7,13H,3-4,6H2,1-2H3,(H2,12,14). The van der Waals surface area contributed by atoms with Crippen molar-refractivity contribution in [2.75, 3.05) is 17.6 Å². The van der Waals surface area contributed by atoms with Crippen LogP contribution in [0, 0.1) is 17.2 Å². The van der Waals surface area contributed by atoms with E-state index in [0.29, 0.717) is 17.3 Å². The molecule has 0 fully saturated rings. The topological polar surface area (TPSA) is 74.7 Å². The van der Waals surface area contributed by atoms with Gasteiger partial charge >= 0.3 is 0 Å². The molecule has 0 amide bonds. The lowest BCUT2D eigenvalue weighted by molar-refractivity contribution is 0.519. The van der Waals surface area contributed by atoms with E-state index in [2.05, 4.69) is 29.6 Å². The predicted molar refractivity (Wildman–Crippen MR) is 63.8 cm³/mol. The maximum Gasteiger partial charge on any atom is 0.157 e. The molecule has 1 aromatic rings. The summed E-state index contributed by atoms with van der Waals surface area (Å²) in [7, 11) is 0. The van der Waals surface area contributed by atoms with Gasteiger partial charge in [-0.15, -0.1) is 0 Å². The minimum atomic E-state index is 0.328. The quantitative estimate of drug-likeness (QED) is 0.805. The second kappa shape index (κ2) is 5.56. The molecule has 1 heterocycles. The molecule has 0 spiro atoms. The molecular formula is C10H16N4S. The van der Waals surface area contributed by atoms with Crippen molar-refractivity contribution in [1.82, 2.24) is 4.37 Å². The first-order valence-corrected chi connectivity index (χ1v) is 5.89. The van der Waals surface area contributed by atoms with E-state index in [1.54, 1.807) is 0 Å². The molecule has 0 saturated carbocycles. The highest BCUT2D eigenvalue weighted by molar-refractivity contribution is 7.10. The van der Waals surface area contributed by atoms with Gasteiger partial charge in [0.1, 0.15) is 16.6 Å². The summed E-state index contributed by atoms with van der Waals surface area (Å²) in [5.41, 5.74) is 6.04. The fourth-order valence-corrected chi connectivity index (χ4v) is 2.02. The van der Waals surface area contributed by atoms with Crippen molar-refractivity contribution in [3.8, 4) is 6.07 Å². The summed E-state index contributed by atoms with van der Waals surface area (Å²) in [6.07, 6.45) is 2.28. The Morgan fingerprint density at radius 2 is 2.20 bits per heavy atom. The smallest absolute Gasteiger partial charge is 0.157 e. The first-order chi connectivity index (χ1) is 7.22. The summed E-state index contributed by atoms with van der Waals surface area (Å²) >= 11 is 1.26. The van der Waals surface area contributed by atoms with Crippen LogP contribution < -0.4 is 11.1 Å². The zero-order valence-corrected chi connectivity index (χ0v) is 9.90. The van der Waals surface area contributed by atoms with Crippen LogP contribution in [0.4, 0.5) is 10.8 Å². The zero-order valence-electron chi connectivity index (χ0n) is 9.08. The number of anilines is 2. The third kappa shape index (κ3) is 2.83. The van der Waals surface area contributed by atoms with Gasteiger partial charge in [-0.2, -0.15) is 9.64 Å². The van der Waals surface area contributed by atoms with Crippen LogP contribution in [0.2, 0.25) is 0 Å². The number of nitrogens with one attached hydrogen (secondary N) is 1. The molecule has 0 atom stereocenters. The third-order valence-electron chi connectivity index (χ3n) is 2.54. The number of nitrogens with zero attached hydrogens (tertiary/aromatic N) is 2. The lowest BCUT2D eigenvalue weighted by Gasteiger charge is -2.12. The second-order valence-electron chi connectivity index (χ2n) is 3.45. The van der Waals surface area contributed by atoms with Gasteiger partial charge in [-0.3, -0.25) is 0 Å². The van der Waals surface area contributed by atoms with Crippen LogP contribution in [-0.4, -0.2) is 10.9 Å². The molecule has 1 aromatic heterocycles. The average Bonchev–Trinajstić information content (AvgIpc) is 2.61. The highest BCUT2D eigenvalue weighted by Crippen LogP contribution is 2.26. The lowest BCUT2D eigenvalue weighted by Crippen LogP contribution is -2.12. The van der Waals surface area contributed by atoms with Crippen LogP contribution in [0.25, 0.3) is 0 Å². The molecule has 4 nitrogen and oxygen atoms in total. The van der Waals surface area contributed by atoms with Crippen molar-refractivity contribution in [3.05, 3.63) is 5.56 Å². The third-order valence-corrected chi connectivity index (χ3v) is 3.36. The average molecular weight is 224 g/mol. The Labute approximate surface area is 94.3 Å². The Morgan fingerprint density at radius 1 is 1.53 bits per heavy atom. The van der Waals surface area contributed by atoms with E-state index in [1.165, 1.54) is 11.5 Å². The number of hydrogen-bond acceptors (Lipinski definition) is 5. The van der Waals surface area contributed by atoms with Gasteiger partial charge < -0.3 is 11.1 Å². The molecule has 82 valence electrons. The largest absolute Gasteiger partial charge is 0.382 e. The van der Waals surface area contributed by atoms with Crippen LogP contribution in [0.1, 0.15) is 32.3 Å². The molecule has 0 radical (unpaired) electrons. The second-order valence-corrected chi connectivity index (χ2v) is 4.22. The van der Waals surface area contributed by atoms with E-state index in [9.17, 15) is 0 Å². The molecule has 0 unspecified atom stereocenters. The van der Waals surface area contributed by atoms with E-state index < -0.39 is 0 Å². The molecular weight excluding hydrogens is 208 g/mol. The van der Waals surface area contributed by atoms with Gasteiger partial charge in [-0.1, -0.05) is 26.7 Å². The van der Waals surface area contributed by atoms with Crippen LogP contribution in [0.15, 0.2) is 0 Å². The van der Waals surface area contributed by atoms with Crippen molar-refractivity contribution in [2.45, 2.75) is 26.7 Å². The van der Waals surface area contributed by atoms with Gasteiger partial charge in [0.25, 0.3) is 0 Å². The van der Waals surface area contributed by atoms with Crippen molar-refractivity contribution < 1.29 is 0 Å². The van der Waals surface area contributed by atoms with E-state index in [4.69, 9.17) is 11.0 Å². The van der Waals surface area contributed by atoms with Crippen LogP contribution >= 0.6 is 11.5 Å². The first-order valence-electron chi connectivity index (χ1n) is 5.12. The fourth-order valence-electron chi connectivity index (χ4n) is 1.35. The van der Waals surface area contributed by atoms with Gasteiger partial charge in [0.15, 0.2) is 5.82 Å². The van der Waals surface area contributed by atoms with E-state index in [-0.39, 0.29) is 0 Å². The summed E-state index contributed by atoms with van der Waals surface area (Å²) in [5.74, 6) is 0.967. The van der Waals surface area contributed by atoms with E-state index in [0.717, 1.165) is 24.4 Å². The van der Waals surface area contributed by atoms with Crippen LogP contribution in [-0.2, 0) is 0 Å². The molecule has 0 aliphatic rings. The highest BCUT2D eigenvalue weighted by Gasteiger charge is 2.11. The highest BCUT2D eigenvalue weighted by atomic mass is 32.1. The van der Waals surface area contributed by atoms with Gasteiger partial charge in [0.05, 0.1) is 0 Å². The number of rotatable bonds is 5. The van der Waals surface area contributed by atoms with Gasteiger partial charge in [-0.05, 0) is 17.5 Å². The maximum absolute atomic E-state index is 8.86. The minimum Gasteiger partial charge on any atom is -0.382 e. The van der Waals surface area contributed by atoms with Crippen LogP contribution in [0.5, 0.6) is 0 Å². The SMILES string of the molecule is CCC(CC)CNc1snc(N)c1C#N. The zero-order chi connectivity index (χ0) is 11.3. The summed E-state index contributed by atoms with van der Waals surface area (Å²) < 4.78 is 3.95. The van der Waals surface area contributed by atoms with Gasteiger partial charge in [-0.25, -0.2) is 0 Å². The number of aromatic nitrogens is 1. The summed E-state index contributed by atoms with van der Waals surface area (Å²) in [6.45, 7) is 5.22. The van der Waals surface area contributed by atoms with Crippen molar-refractivity contribution in [1.29, 1.82) is 5.26 Å². The molecule has 0 aromatic carbocycles. The molecule has 0 aliphatic heterocycles. The summed E-state index contributed by atoms with van der Waals surface area (Å²) in [5, 5.41) is 12.9. The minimum absolute atomic E-state index is 0.328. The summed E-state index contributed by atoms with van der Waals surface area (Å²) in [6, 6.07) is 2.06. The molecule has 0 bridgehead atoms. The molecule has 1 rings (SSSR count). The van der Waals surface area contributed by atoms with Crippen molar-refractivity contribution in [3.63, 3.8) is 0 Å². The Morgan fingerprint density at radius 3 is 2.73 bits per heavy atom. The van der Waals surface area contributed by atoms with E-state index >= 15 is 0 Å². The number of nitrogens with two attached hydrogens (primary N) is 1. The van der Waals surface area contributed by atoms with Gasteiger partial charge in [0.2, 0.25) is 0 Å². The van der Waals surface area contributed by atoms with Crippen molar-refractivity contribution in [2.24, 2.45) is 5.92 Å². The maximum atomic E-state index is 8.86. The van der Waals surface area contributed by atoms with Gasteiger partial charge in [0, 0.05) is 6.54 Å². The van der Waals surface area contributed by atoms with E-state index in [1.807, 2.05) is 0 Å². The molecule has 3 N–H and O–H groups in total. The first kappa shape index (κ1) is 11.8. The Hall–Kier alpha value is -1.28. The molecule has 0 aliphatic carbocycles. The molecule has 0 saturated heterocycles. The van der Waals surface area contributed by atoms with Crippen LogP contribution in [0.3, 0.4) is 0 Å².